The summed E-state index contributed by atoms with van der Waals surface area (Å²) in [6.45, 7) is 2.07. The molecule has 1 aliphatic rings. The first-order chi connectivity index (χ1) is 7.77. The van der Waals surface area contributed by atoms with Crippen LogP contribution < -0.4 is 11.1 Å². The number of nitrogens with two attached hydrogens (primary N) is 1. The fourth-order valence-electron chi connectivity index (χ4n) is 2.31. The molecule has 3 N–H and O–H groups in total. The van der Waals surface area contributed by atoms with Crippen molar-refractivity contribution < 1.29 is 0 Å². The highest BCUT2D eigenvalue weighted by molar-refractivity contribution is 9.10. The molecule has 0 saturated carbocycles. The Labute approximate surface area is 102 Å². The van der Waals surface area contributed by atoms with E-state index in [1.54, 1.807) is 0 Å². The molecule has 3 rings (SSSR count). The van der Waals surface area contributed by atoms with Crippen molar-refractivity contribution in [1.82, 2.24) is 14.7 Å². The monoisotopic (exact) mass is 280 g/mol. The molecular formula is C11H13BrN4. The zero-order valence-electron chi connectivity index (χ0n) is 8.78. The molecule has 4 nitrogen and oxygen atoms in total. The van der Waals surface area contributed by atoms with E-state index in [2.05, 4.69) is 30.6 Å². The van der Waals surface area contributed by atoms with Crippen LogP contribution in [0.1, 0.15) is 18.2 Å². The van der Waals surface area contributed by atoms with E-state index in [1.807, 2.05) is 18.3 Å². The van der Waals surface area contributed by atoms with Gasteiger partial charge in [0.15, 0.2) is 0 Å². The van der Waals surface area contributed by atoms with Crippen molar-refractivity contribution in [1.29, 1.82) is 0 Å². The molecule has 0 radical (unpaired) electrons. The number of rotatable bonds is 1. The van der Waals surface area contributed by atoms with Gasteiger partial charge in [0.25, 0.3) is 0 Å². The maximum absolute atomic E-state index is 5.96. The molecule has 1 unspecified atom stereocenters. The number of fused-ring (bicyclic) bond motifs is 1. The zero-order chi connectivity index (χ0) is 11.1. The lowest BCUT2D eigenvalue weighted by atomic mass is 10.1. The third kappa shape index (κ3) is 1.43. The predicted octanol–water partition coefficient (Wildman–Crippen LogP) is 1.76. The van der Waals surface area contributed by atoms with E-state index in [0.29, 0.717) is 5.92 Å². The van der Waals surface area contributed by atoms with Gasteiger partial charge in [-0.1, -0.05) is 0 Å². The molecule has 1 saturated heterocycles. The molecule has 2 aromatic rings. The minimum atomic E-state index is 0.487. The lowest BCUT2D eigenvalue weighted by Gasteiger charge is -2.07. The Bertz CT molecular complexity index is 528. The fourth-order valence-corrected chi connectivity index (χ4v) is 2.91. The van der Waals surface area contributed by atoms with E-state index >= 15 is 0 Å². The van der Waals surface area contributed by atoms with Crippen LogP contribution in [0.2, 0.25) is 0 Å². The van der Waals surface area contributed by atoms with Gasteiger partial charge in [0.1, 0.15) is 15.9 Å². The van der Waals surface area contributed by atoms with Gasteiger partial charge >= 0.3 is 0 Å². The Balaban J connectivity index is 2.22. The van der Waals surface area contributed by atoms with E-state index in [-0.39, 0.29) is 0 Å². The quantitative estimate of drug-likeness (QED) is 0.837. The zero-order valence-corrected chi connectivity index (χ0v) is 10.4. The summed E-state index contributed by atoms with van der Waals surface area (Å²) in [6.07, 6.45) is 3.16. The van der Waals surface area contributed by atoms with Crippen LogP contribution in [0.25, 0.3) is 5.52 Å². The number of pyridine rings is 1. The number of nitrogen functional groups attached to an aromatic ring is 1. The van der Waals surface area contributed by atoms with Gasteiger partial charge in [-0.2, -0.15) is 0 Å². The van der Waals surface area contributed by atoms with Crippen LogP contribution in [0, 0.1) is 0 Å². The molecule has 0 amide bonds. The topological polar surface area (TPSA) is 55.4 Å². The van der Waals surface area contributed by atoms with Gasteiger partial charge in [-0.15, -0.1) is 0 Å². The van der Waals surface area contributed by atoms with Gasteiger partial charge in [-0.3, -0.25) is 0 Å². The molecule has 1 atom stereocenters. The van der Waals surface area contributed by atoms with Crippen molar-refractivity contribution in [3.8, 4) is 0 Å². The maximum Gasteiger partial charge on any atom is 0.134 e. The third-order valence-corrected chi connectivity index (χ3v) is 3.66. The highest BCUT2D eigenvalue weighted by atomic mass is 79.9. The first-order valence-corrected chi connectivity index (χ1v) is 6.19. The van der Waals surface area contributed by atoms with Crippen molar-refractivity contribution in [2.45, 2.75) is 12.3 Å². The summed E-state index contributed by atoms with van der Waals surface area (Å²) in [5.74, 6) is 1.58. The molecule has 16 heavy (non-hydrogen) atoms. The fraction of sp³-hybridized carbons (Fsp3) is 0.364. The summed E-state index contributed by atoms with van der Waals surface area (Å²) in [4.78, 5) is 4.59. The lowest BCUT2D eigenvalue weighted by Crippen LogP contribution is -2.10. The summed E-state index contributed by atoms with van der Waals surface area (Å²) in [5.41, 5.74) is 7.70. The number of nitrogens with zero attached hydrogens (tertiary/aromatic N) is 2. The summed E-state index contributed by atoms with van der Waals surface area (Å²) >= 11 is 3.48. The van der Waals surface area contributed by atoms with Crippen LogP contribution in [0.3, 0.4) is 0 Å². The van der Waals surface area contributed by atoms with Crippen LogP contribution in [-0.2, 0) is 0 Å². The standard InChI is InChI=1S/C11H13BrN4/c12-10-9-8(13)2-1-5-16(9)11(15-10)7-3-4-14-6-7/h1-2,5,7,14H,3-4,6,13H2. The molecule has 5 heteroatoms. The molecular weight excluding hydrogens is 268 g/mol. The number of halogens is 1. The van der Waals surface area contributed by atoms with Gasteiger partial charge in [0.05, 0.1) is 5.69 Å². The van der Waals surface area contributed by atoms with Crippen molar-refractivity contribution in [3.05, 3.63) is 28.8 Å². The molecule has 3 heterocycles. The van der Waals surface area contributed by atoms with Crippen molar-refractivity contribution in [2.24, 2.45) is 0 Å². The predicted molar refractivity (Wildman–Crippen MR) is 67.5 cm³/mol. The van der Waals surface area contributed by atoms with Crippen molar-refractivity contribution in [3.63, 3.8) is 0 Å². The van der Waals surface area contributed by atoms with Crippen molar-refractivity contribution >= 4 is 27.1 Å². The number of hydrogen-bond donors (Lipinski definition) is 2. The molecule has 84 valence electrons. The second kappa shape index (κ2) is 3.75. The van der Waals surface area contributed by atoms with Gasteiger partial charge < -0.3 is 15.5 Å². The van der Waals surface area contributed by atoms with Crippen LogP contribution in [0.15, 0.2) is 22.9 Å². The van der Waals surface area contributed by atoms with E-state index in [1.165, 1.54) is 0 Å². The summed E-state index contributed by atoms with van der Waals surface area (Å²) in [7, 11) is 0. The third-order valence-electron chi connectivity index (χ3n) is 3.11. The first-order valence-electron chi connectivity index (χ1n) is 5.40. The van der Waals surface area contributed by atoms with Gasteiger partial charge in [-0.05, 0) is 41.0 Å². The molecule has 0 aromatic carbocycles. The van der Waals surface area contributed by atoms with E-state index in [4.69, 9.17) is 5.73 Å². The maximum atomic E-state index is 5.96. The first kappa shape index (κ1) is 10.1. The largest absolute Gasteiger partial charge is 0.397 e. The minimum Gasteiger partial charge on any atom is -0.397 e. The Morgan fingerprint density at radius 2 is 2.44 bits per heavy atom. The summed E-state index contributed by atoms with van der Waals surface area (Å²) in [6, 6.07) is 3.86. The normalized spacial score (nSPS) is 20.7. The molecule has 2 aromatic heterocycles. The SMILES string of the molecule is Nc1cccn2c(C3CCNC3)nc(Br)c12. The van der Waals surface area contributed by atoms with Gasteiger partial charge in [-0.25, -0.2) is 4.98 Å². The molecule has 1 fully saturated rings. The number of nitrogens with one attached hydrogen (secondary N) is 1. The van der Waals surface area contributed by atoms with Gasteiger partial charge in [0, 0.05) is 18.7 Å². The Kier molecular flexibility index (Phi) is 2.37. The summed E-state index contributed by atoms with van der Waals surface area (Å²) in [5, 5.41) is 3.36. The minimum absolute atomic E-state index is 0.487. The number of aromatic nitrogens is 2. The smallest absolute Gasteiger partial charge is 0.134 e. The Hall–Kier alpha value is -1.07. The molecule has 0 bridgehead atoms. The molecule has 1 aliphatic heterocycles. The van der Waals surface area contributed by atoms with Crippen LogP contribution in [0.5, 0.6) is 0 Å². The van der Waals surface area contributed by atoms with Crippen molar-refractivity contribution in [2.75, 3.05) is 18.8 Å². The second-order valence-electron chi connectivity index (χ2n) is 4.13. The average molecular weight is 281 g/mol. The van der Waals surface area contributed by atoms with E-state index in [0.717, 1.165) is 41.1 Å². The number of hydrogen-bond acceptors (Lipinski definition) is 3. The Morgan fingerprint density at radius 1 is 1.56 bits per heavy atom. The Morgan fingerprint density at radius 3 is 3.19 bits per heavy atom. The van der Waals surface area contributed by atoms with Crippen LogP contribution in [-0.4, -0.2) is 22.5 Å². The van der Waals surface area contributed by atoms with Crippen LogP contribution in [0.4, 0.5) is 5.69 Å². The average Bonchev–Trinajstić information content (AvgIpc) is 2.86. The van der Waals surface area contributed by atoms with E-state index < -0.39 is 0 Å². The second-order valence-corrected chi connectivity index (χ2v) is 4.88. The highest BCUT2D eigenvalue weighted by Crippen LogP contribution is 2.29. The van der Waals surface area contributed by atoms with E-state index in [9.17, 15) is 0 Å². The lowest BCUT2D eigenvalue weighted by molar-refractivity contribution is 0.698. The van der Waals surface area contributed by atoms with Crippen LogP contribution >= 0.6 is 15.9 Å². The number of imidazole rings is 1. The highest BCUT2D eigenvalue weighted by Gasteiger charge is 2.23. The molecule has 0 spiro atoms. The summed E-state index contributed by atoms with van der Waals surface area (Å²) < 4.78 is 2.93. The number of anilines is 1. The molecule has 0 aliphatic carbocycles. The van der Waals surface area contributed by atoms with Gasteiger partial charge in [0.2, 0.25) is 0 Å².